The zero-order valence-electron chi connectivity index (χ0n) is 16.3. The number of amides is 1. The largest absolute Gasteiger partial charge is 0.394 e. The molecule has 6 nitrogen and oxygen atoms in total. The molecule has 0 aliphatic carbocycles. The highest BCUT2D eigenvalue weighted by Crippen LogP contribution is 2.26. The highest BCUT2D eigenvalue weighted by atomic mass is 16.5. The van der Waals surface area contributed by atoms with E-state index >= 15 is 0 Å². The second-order valence-corrected chi connectivity index (χ2v) is 6.92. The standard InChI is InChI=1S/C23H26N2O4/c26-17-21(27)15-24-23(28)9-7-18-6-8-22(19-4-2-1-3-5-19)20(14-18)16-25-10-12-29-13-11-25/h1-6,8,14,21,26-27H,10-13,15-17H2,(H,24,28)/t21-/m0/s1. The SMILES string of the molecule is O=C(C#Cc1ccc(-c2ccccc2)c(CN2CCOCC2)c1)NC[C@H](O)CO. The summed E-state index contributed by atoms with van der Waals surface area (Å²) in [6.45, 7) is 3.61. The van der Waals surface area contributed by atoms with E-state index in [0.717, 1.165) is 55.1 Å². The van der Waals surface area contributed by atoms with E-state index in [4.69, 9.17) is 9.84 Å². The Morgan fingerprint density at radius 1 is 1.17 bits per heavy atom. The first kappa shape index (κ1) is 21.0. The van der Waals surface area contributed by atoms with Gasteiger partial charge in [0, 0.05) is 37.7 Å². The van der Waals surface area contributed by atoms with Gasteiger partial charge in [0.1, 0.15) is 0 Å². The molecule has 152 valence electrons. The van der Waals surface area contributed by atoms with Crippen molar-refractivity contribution >= 4 is 5.91 Å². The number of aliphatic hydroxyl groups is 2. The highest BCUT2D eigenvalue weighted by molar-refractivity contribution is 5.94. The smallest absolute Gasteiger partial charge is 0.296 e. The van der Waals surface area contributed by atoms with Crippen LogP contribution in [0.1, 0.15) is 11.1 Å². The summed E-state index contributed by atoms with van der Waals surface area (Å²) in [5, 5.41) is 20.6. The number of rotatable bonds is 6. The van der Waals surface area contributed by atoms with Gasteiger partial charge in [0.05, 0.1) is 25.9 Å². The second kappa shape index (κ2) is 10.7. The second-order valence-electron chi connectivity index (χ2n) is 6.92. The van der Waals surface area contributed by atoms with E-state index in [1.54, 1.807) is 0 Å². The molecule has 1 saturated heterocycles. The molecule has 0 unspecified atom stereocenters. The first-order valence-electron chi connectivity index (χ1n) is 9.73. The lowest BCUT2D eigenvalue weighted by molar-refractivity contribution is -0.116. The third-order valence-electron chi connectivity index (χ3n) is 4.72. The third-order valence-corrected chi connectivity index (χ3v) is 4.72. The van der Waals surface area contributed by atoms with Crippen LogP contribution in [-0.2, 0) is 16.1 Å². The van der Waals surface area contributed by atoms with Crippen LogP contribution in [0, 0.1) is 11.8 Å². The minimum atomic E-state index is -0.981. The predicted octanol–water partition coefficient (Wildman–Crippen LogP) is 1.01. The van der Waals surface area contributed by atoms with Crippen LogP contribution in [-0.4, -0.2) is 66.6 Å². The monoisotopic (exact) mass is 394 g/mol. The molecule has 1 aliphatic rings. The fraction of sp³-hybridized carbons (Fsp3) is 0.348. The first-order chi connectivity index (χ1) is 14.2. The van der Waals surface area contributed by atoms with Gasteiger partial charge < -0.3 is 20.3 Å². The van der Waals surface area contributed by atoms with Crippen molar-refractivity contribution in [3.8, 4) is 23.0 Å². The Labute approximate surface area is 171 Å². The Morgan fingerprint density at radius 2 is 1.93 bits per heavy atom. The topological polar surface area (TPSA) is 82.0 Å². The van der Waals surface area contributed by atoms with Crippen molar-refractivity contribution in [2.75, 3.05) is 39.5 Å². The quantitative estimate of drug-likeness (QED) is 0.637. The normalized spacial score (nSPS) is 15.2. The lowest BCUT2D eigenvalue weighted by Crippen LogP contribution is -2.35. The van der Waals surface area contributed by atoms with Gasteiger partial charge >= 0.3 is 0 Å². The number of morpholine rings is 1. The molecule has 0 saturated carbocycles. The van der Waals surface area contributed by atoms with Crippen molar-refractivity contribution in [2.24, 2.45) is 0 Å². The molecule has 0 aromatic heterocycles. The van der Waals surface area contributed by atoms with Crippen LogP contribution in [0.3, 0.4) is 0 Å². The summed E-state index contributed by atoms with van der Waals surface area (Å²) in [7, 11) is 0. The van der Waals surface area contributed by atoms with Crippen molar-refractivity contribution in [1.82, 2.24) is 10.2 Å². The summed E-state index contributed by atoms with van der Waals surface area (Å²) in [5.74, 6) is 4.95. The third kappa shape index (κ3) is 6.41. The number of nitrogens with one attached hydrogen (secondary N) is 1. The average Bonchev–Trinajstić information content (AvgIpc) is 2.77. The van der Waals surface area contributed by atoms with Gasteiger partial charge in [-0.2, -0.15) is 0 Å². The number of nitrogens with zero attached hydrogens (tertiary/aromatic N) is 1. The number of carbonyl (C=O) groups excluding carboxylic acids is 1. The van der Waals surface area contributed by atoms with Gasteiger partial charge in [0.15, 0.2) is 0 Å². The van der Waals surface area contributed by atoms with Crippen LogP contribution in [0.15, 0.2) is 48.5 Å². The maximum atomic E-state index is 11.8. The highest BCUT2D eigenvalue weighted by Gasteiger charge is 2.14. The van der Waals surface area contributed by atoms with Crippen LogP contribution in [0.25, 0.3) is 11.1 Å². The maximum Gasteiger partial charge on any atom is 0.296 e. The van der Waals surface area contributed by atoms with E-state index in [0.29, 0.717) is 0 Å². The number of carbonyl (C=O) groups is 1. The Balaban J connectivity index is 1.80. The Morgan fingerprint density at radius 3 is 2.66 bits per heavy atom. The minimum absolute atomic E-state index is 0.0285. The average molecular weight is 394 g/mol. The molecule has 0 bridgehead atoms. The molecule has 1 heterocycles. The lowest BCUT2D eigenvalue weighted by atomic mass is 9.97. The van der Waals surface area contributed by atoms with Gasteiger partial charge in [-0.1, -0.05) is 42.3 Å². The summed E-state index contributed by atoms with van der Waals surface area (Å²) >= 11 is 0. The molecule has 1 atom stereocenters. The molecule has 3 rings (SSSR count). The number of hydrogen-bond donors (Lipinski definition) is 3. The molecule has 6 heteroatoms. The van der Waals surface area contributed by atoms with Gasteiger partial charge in [-0.3, -0.25) is 9.69 Å². The van der Waals surface area contributed by atoms with Gasteiger partial charge in [-0.25, -0.2) is 0 Å². The summed E-state index contributed by atoms with van der Waals surface area (Å²) in [5.41, 5.74) is 4.20. The summed E-state index contributed by atoms with van der Waals surface area (Å²) in [6, 6.07) is 16.2. The molecule has 1 aliphatic heterocycles. The molecule has 0 spiro atoms. The van der Waals surface area contributed by atoms with E-state index < -0.39 is 18.6 Å². The Kier molecular flexibility index (Phi) is 7.79. The van der Waals surface area contributed by atoms with Crippen molar-refractivity contribution < 1.29 is 19.7 Å². The van der Waals surface area contributed by atoms with E-state index in [1.165, 1.54) is 0 Å². The van der Waals surface area contributed by atoms with Crippen molar-refractivity contribution in [2.45, 2.75) is 12.6 Å². The zero-order chi connectivity index (χ0) is 20.5. The molecular formula is C23H26N2O4. The Hall–Kier alpha value is -2.69. The van der Waals surface area contributed by atoms with E-state index in [2.05, 4.69) is 34.2 Å². The van der Waals surface area contributed by atoms with E-state index in [1.807, 2.05) is 36.4 Å². The van der Waals surface area contributed by atoms with Crippen molar-refractivity contribution in [3.63, 3.8) is 0 Å². The molecule has 3 N–H and O–H groups in total. The van der Waals surface area contributed by atoms with E-state index in [9.17, 15) is 9.90 Å². The van der Waals surface area contributed by atoms with Gasteiger partial charge in [-0.05, 0) is 28.8 Å². The summed E-state index contributed by atoms with van der Waals surface area (Å²) in [6.07, 6.45) is -0.981. The van der Waals surface area contributed by atoms with E-state index in [-0.39, 0.29) is 6.54 Å². The van der Waals surface area contributed by atoms with Crippen LogP contribution < -0.4 is 5.32 Å². The summed E-state index contributed by atoms with van der Waals surface area (Å²) < 4.78 is 5.45. The number of benzene rings is 2. The van der Waals surface area contributed by atoms with Crippen LogP contribution in [0.5, 0.6) is 0 Å². The van der Waals surface area contributed by atoms with Gasteiger partial charge in [-0.15, -0.1) is 0 Å². The Bertz CT molecular complexity index is 867. The summed E-state index contributed by atoms with van der Waals surface area (Å²) in [4.78, 5) is 14.2. The molecule has 29 heavy (non-hydrogen) atoms. The number of hydrogen-bond acceptors (Lipinski definition) is 5. The van der Waals surface area contributed by atoms with Crippen LogP contribution >= 0.6 is 0 Å². The van der Waals surface area contributed by atoms with Crippen molar-refractivity contribution in [1.29, 1.82) is 0 Å². The molecule has 0 radical (unpaired) electrons. The zero-order valence-corrected chi connectivity index (χ0v) is 16.3. The van der Waals surface area contributed by atoms with Gasteiger partial charge in [0.25, 0.3) is 5.91 Å². The minimum Gasteiger partial charge on any atom is -0.394 e. The van der Waals surface area contributed by atoms with Crippen LogP contribution in [0.4, 0.5) is 0 Å². The molecule has 2 aromatic carbocycles. The fourth-order valence-corrected chi connectivity index (χ4v) is 3.15. The first-order valence-corrected chi connectivity index (χ1v) is 9.73. The van der Waals surface area contributed by atoms with Gasteiger partial charge in [0.2, 0.25) is 0 Å². The molecule has 1 fully saturated rings. The molecular weight excluding hydrogens is 368 g/mol. The predicted molar refractivity (Wildman–Crippen MR) is 111 cm³/mol. The molecule has 1 amide bonds. The lowest BCUT2D eigenvalue weighted by Gasteiger charge is -2.27. The maximum absolute atomic E-state index is 11.8. The number of aliphatic hydroxyl groups excluding tert-OH is 2. The molecule has 2 aromatic rings. The van der Waals surface area contributed by atoms with Crippen molar-refractivity contribution in [3.05, 3.63) is 59.7 Å². The van der Waals surface area contributed by atoms with Crippen LogP contribution in [0.2, 0.25) is 0 Å². The fourth-order valence-electron chi connectivity index (χ4n) is 3.15. The number of ether oxygens (including phenoxy) is 1.